The fourth-order valence-corrected chi connectivity index (χ4v) is 2.76. The molecular formula is C14H25Cl2N5O. The van der Waals surface area contributed by atoms with E-state index in [2.05, 4.69) is 26.3 Å². The number of halogens is 2. The van der Waals surface area contributed by atoms with Gasteiger partial charge in [-0.2, -0.15) is 0 Å². The lowest BCUT2D eigenvalue weighted by Crippen LogP contribution is -2.39. The van der Waals surface area contributed by atoms with Crippen LogP contribution in [0.15, 0.2) is 12.4 Å². The van der Waals surface area contributed by atoms with Crippen LogP contribution in [0.5, 0.6) is 0 Å². The molecule has 0 unspecified atom stereocenters. The molecule has 2 fully saturated rings. The highest BCUT2D eigenvalue weighted by Crippen LogP contribution is 2.34. The second-order valence-electron chi connectivity index (χ2n) is 5.64. The van der Waals surface area contributed by atoms with Gasteiger partial charge in [-0.25, -0.2) is 9.97 Å². The van der Waals surface area contributed by atoms with Crippen molar-refractivity contribution < 1.29 is 4.74 Å². The van der Waals surface area contributed by atoms with E-state index in [0.717, 1.165) is 63.7 Å². The third-order valence-electron chi connectivity index (χ3n) is 4.12. The normalized spacial score (nSPS) is 24.6. The zero-order valence-electron chi connectivity index (χ0n) is 12.6. The Kier molecular flexibility index (Phi) is 8.35. The average molecular weight is 350 g/mol. The van der Waals surface area contributed by atoms with Gasteiger partial charge in [0, 0.05) is 49.9 Å². The van der Waals surface area contributed by atoms with Crippen molar-refractivity contribution >= 4 is 30.6 Å². The number of aromatic nitrogens is 2. The van der Waals surface area contributed by atoms with Crippen molar-refractivity contribution in [1.82, 2.24) is 14.9 Å². The molecule has 1 aromatic rings. The maximum absolute atomic E-state index is 5.83. The minimum atomic E-state index is 0. The summed E-state index contributed by atoms with van der Waals surface area (Å²) in [6, 6.07) is 2.42. The molecule has 1 saturated carbocycles. The van der Waals surface area contributed by atoms with Crippen molar-refractivity contribution in [1.29, 1.82) is 0 Å². The molecule has 6 nitrogen and oxygen atoms in total. The first-order valence-electron chi connectivity index (χ1n) is 7.43. The zero-order chi connectivity index (χ0) is 13.8. The van der Waals surface area contributed by atoms with Crippen LogP contribution in [0.25, 0.3) is 0 Å². The lowest BCUT2D eigenvalue weighted by molar-refractivity contribution is 0.0398. The number of ether oxygens (including phenoxy) is 1. The number of morpholine rings is 1. The first kappa shape index (κ1) is 19.4. The van der Waals surface area contributed by atoms with Crippen molar-refractivity contribution in [2.45, 2.75) is 24.8 Å². The van der Waals surface area contributed by atoms with E-state index in [9.17, 15) is 0 Å². The van der Waals surface area contributed by atoms with Crippen LogP contribution in [-0.4, -0.2) is 60.3 Å². The summed E-state index contributed by atoms with van der Waals surface area (Å²) in [5, 5.41) is 3.38. The summed E-state index contributed by atoms with van der Waals surface area (Å²) in [7, 11) is 0. The molecule has 1 aromatic heterocycles. The molecule has 1 saturated heterocycles. The van der Waals surface area contributed by atoms with Crippen LogP contribution in [-0.2, 0) is 4.74 Å². The third-order valence-corrected chi connectivity index (χ3v) is 4.12. The van der Waals surface area contributed by atoms with Crippen molar-refractivity contribution in [3.05, 3.63) is 18.1 Å². The minimum absolute atomic E-state index is 0. The topological polar surface area (TPSA) is 76.3 Å². The summed E-state index contributed by atoms with van der Waals surface area (Å²) in [5.41, 5.74) is 6.95. The van der Waals surface area contributed by atoms with Crippen LogP contribution in [0.2, 0.25) is 0 Å². The second kappa shape index (κ2) is 9.47. The van der Waals surface area contributed by atoms with Crippen molar-refractivity contribution in [2.75, 3.05) is 44.7 Å². The number of nitrogens with two attached hydrogens (primary N) is 1. The smallest absolute Gasteiger partial charge is 0.129 e. The Morgan fingerprint density at radius 3 is 2.64 bits per heavy atom. The monoisotopic (exact) mass is 349 g/mol. The number of anilines is 1. The molecule has 0 amide bonds. The Morgan fingerprint density at radius 1 is 1.23 bits per heavy atom. The number of hydrogen-bond donors (Lipinski definition) is 2. The maximum Gasteiger partial charge on any atom is 0.129 e. The van der Waals surface area contributed by atoms with Crippen molar-refractivity contribution in [3.8, 4) is 0 Å². The highest BCUT2D eigenvalue weighted by molar-refractivity contribution is 5.85. The number of rotatable bonds is 5. The second-order valence-corrected chi connectivity index (χ2v) is 5.64. The Morgan fingerprint density at radius 2 is 1.95 bits per heavy atom. The van der Waals surface area contributed by atoms with Crippen LogP contribution in [0.4, 0.5) is 5.82 Å². The molecule has 1 aliphatic heterocycles. The summed E-state index contributed by atoms with van der Waals surface area (Å²) in [6.07, 6.45) is 3.74. The molecule has 1 aliphatic carbocycles. The van der Waals surface area contributed by atoms with Gasteiger partial charge in [-0.15, -0.1) is 24.8 Å². The molecule has 0 spiro atoms. The molecule has 0 radical (unpaired) electrons. The lowest BCUT2D eigenvalue weighted by Gasteiger charge is -2.31. The van der Waals surface area contributed by atoms with Crippen LogP contribution >= 0.6 is 24.8 Å². The molecule has 0 atom stereocenters. The fourth-order valence-electron chi connectivity index (χ4n) is 2.76. The first-order valence-corrected chi connectivity index (χ1v) is 7.43. The predicted molar refractivity (Wildman–Crippen MR) is 92.2 cm³/mol. The van der Waals surface area contributed by atoms with Crippen LogP contribution in [0, 0.1) is 0 Å². The molecule has 2 heterocycles. The van der Waals surface area contributed by atoms with Gasteiger partial charge in [0.2, 0.25) is 0 Å². The van der Waals surface area contributed by atoms with E-state index >= 15 is 0 Å². The Bertz CT molecular complexity index is 439. The Hall–Kier alpha value is -0.660. The van der Waals surface area contributed by atoms with Crippen molar-refractivity contribution in [3.63, 3.8) is 0 Å². The van der Waals surface area contributed by atoms with E-state index in [1.165, 1.54) is 0 Å². The Balaban J connectivity index is 0.00000121. The number of hydrogen-bond acceptors (Lipinski definition) is 6. The molecule has 3 rings (SSSR count). The molecule has 2 aliphatic rings. The predicted octanol–water partition coefficient (Wildman–Crippen LogP) is 1.27. The van der Waals surface area contributed by atoms with Crippen LogP contribution in [0.1, 0.15) is 24.5 Å². The Labute approximate surface area is 144 Å². The molecular weight excluding hydrogens is 325 g/mol. The van der Waals surface area contributed by atoms with E-state index in [4.69, 9.17) is 10.5 Å². The zero-order valence-corrected chi connectivity index (χ0v) is 14.2. The van der Waals surface area contributed by atoms with Gasteiger partial charge >= 0.3 is 0 Å². The van der Waals surface area contributed by atoms with Gasteiger partial charge in [-0.3, -0.25) is 4.90 Å². The third kappa shape index (κ3) is 5.21. The van der Waals surface area contributed by atoms with Crippen molar-refractivity contribution in [2.24, 2.45) is 5.73 Å². The molecule has 22 heavy (non-hydrogen) atoms. The van der Waals surface area contributed by atoms with Gasteiger partial charge in [-0.05, 0) is 12.8 Å². The minimum Gasteiger partial charge on any atom is -0.379 e. The van der Waals surface area contributed by atoms with E-state index < -0.39 is 0 Å². The number of nitrogens with one attached hydrogen (secondary N) is 1. The van der Waals surface area contributed by atoms with E-state index in [0.29, 0.717) is 12.0 Å². The first-order chi connectivity index (χ1) is 9.81. The maximum atomic E-state index is 5.83. The van der Waals surface area contributed by atoms with Gasteiger partial charge in [-0.1, -0.05) is 0 Å². The summed E-state index contributed by atoms with van der Waals surface area (Å²) in [6.45, 7) is 5.67. The van der Waals surface area contributed by atoms with Gasteiger partial charge in [0.1, 0.15) is 12.1 Å². The molecule has 8 heteroatoms. The number of nitrogens with zero attached hydrogens (tertiary/aromatic N) is 3. The molecule has 0 bridgehead atoms. The molecule has 3 N–H and O–H groups in total. The standard InChI is InChI=1S/C14H23N5O.2ClH/c15-12-7-11(8-12)13-9-14(18-10-17-13)16-1-2-19-3-5-20-6-4-19;;/h9-12H,1-8,15H2,(H,16,17,18);2*1H. The van der Waals surface area contributed by atoms with Crippen LogP contribution in [0.3, 0.4) is 0 Å². The fraction of sp³-hybridized carbons (Fsp3) is 0.714. The summed E-state index contributed by atoms with van der Waals surface area (Å²) in [5.74, 6) is 1.44. The molecule has 126 valence electrons. The quantitative estimate of drug-likeness (QED) is 0.833. The van der Waals surface area contributed by atoms with Gasteiger partial charge < -0.3 is 15.8 Å². The molecule has 0 aromatic carbocycles. The highest BCUT2D eigenvalue weighted by Gasteiger charge is 2.28. The van der Waals surface area contributed by atoms with Crippen LogP contribution < -0.4 is 11.1 Å². The summed E-state index contributed by atoms with van der Waals surface area (Å²) in [4.78, 5) is 11.1. The SMILES string of the molecule is Cl.Cl.NC1CC(c2cc(NCCN3CCOCC3)ncn2)C1. The average Bonchev–Trinajstić information content (AvgIpc) is 2.45. The lowest BCUT2D eigenvalue weighted by atomic mass is 9.79. The largest absolute Gasteiger partial charge is 0.379 e. The van der Waals surface area contributed by atoms with E-state index in [1.807, 2.05) is 0 Å². The van der Waals surface area contributed by atoms with E-state index in [-0.39, 0.29) is 24.8 Å². The van der Waals surface area contributed by atoms with Gasteiger partial charge in [0.05, 0.1) is 13.2 Å². The van der Waals surface area contributed by atoms with E-state index in [1.54, 1.807) is 6.33 Å². The highest BCUT2D eigenvalue weighted by atomic mass is 35.5. The van der Waals surface area contributed by atoms with Gasteiger partial charge in [0.15, 0.2) is 0 Å². The summed E-state index contributed by atoms with van der Waals surface area (Å²) < 4.78 is 5.34. The summed E-state index contributed by atoms with van der Waals surface area (Å²) >= 11 is 0. The van der Waals surface area contributed by atoms with Gasteiger partial charge in [0.25, 0.3) is 0 Å².